The summed E-state index contributed by atoms with van der Waals surface area (Å²) >= 11 is -2.32. The second-order valence-corrected chi connectivity index (χ2v) is 9.12. The van der Waals surface area contributed by atoms with Gasteiger partial charge in [0.05, 0.1) is 0 Å². The summed E-state index contributed by atoms with van der Waals surface area (Å²) in [5.74, 6) is 0.868. The molecule has 2 aromatic carbocycles. The first kappa shape index (κ1) is 13.9. The fraction of sp³-hybridized carbons (Fsp3) is 0.250. The molecule has 0 unspecified atom stereocenters. The molecule has 3 nitrogen and oxygen atoms in total. The predicted octanol–water partition coefficient (Wildman–Crippen LogP) is 3.42. The molecule has 0 saturated heterocycles. The van der Waals surface area contributed by atoms with E-state index >= 15 is 0 Å². The van der Waals surface area contributed by atoms with Gasteiger partial charge in [-0.15, -0.1) is 0 Å². The number of halogens is 1. The molecule has 1 aliphatic rings. The summed E-state index contributed by atoms with van der Waals surface area (Å²) in [5.41, 5.74) is 1.04. The van der Waals surface area contributed by atoms with Crippen LogP contribution >= 0.6 is 20.2 Å². The van der Waals surface area contributed by atoms with E-state index in [0.717, 1.165) is 14.9 Å². The van der Waals surface area contributed by atoms with E-state index in [1.54, 1.807) is 7.11 Å². The number of alkyl halides is 1. The number of para-hydroxylation sites is 1. The van der Waals surface area contributed by atoms with Gasteiger partial charge in [0.25, 0.3) is 0 Å². The van der Waals surface area contributed by atoms with Crippen molar-refractivity contribution in [3.8, 4) is 5.75 Å². The molecule has 4 heteroatoms. The zero-order chi connectivity index (χ0) is 13.9. The summed E-state index contributed by atoms with van der Waals surface area (Å²) in [7, 11) is 1.70. The zero-order valence-electron chi connectivity index (χ0n) is 11.2. The normalized spacial score (nSPS) is 21.8. The third-order valence-corrected chi connectivity index (χ3v) is 7.95. The van der Waals surface area contributed by atoms with Crippen molar-refractivity contribution in [2.24, 2.45) is 0 Å². The van der Waals surface area contributed by atoms with Crippen molar-refractivity contribution in [3.63, 3.8) is 0 Å². The van der Waals surface area contributed by atoms with Gasteiger partial charge < -0.3 is 0 Å². The first-order valence-corrected chi connectivity index (χ1v) is 9.77. The topological polar surface area (TPSA) is 38.7 Å². The Kier molecular flexibility index (Phi) is 4.24. The molecule has 0 radical (unpaired) electrons. The van der Waals surface area contributed by atoms with Crippen molar-refractivity contribution >= 4 is 20.2 Å². The van der Waals surface area contributed by atoms with Crippen LogP contribution in [0.2, 0.25) is 0 Å². The Morgan fingerprint density at radius 2 is 1.80 bits per heavy atom. The fourth-order valence-corrected chi connectivity index (χ4v) is 6.34. The Labute approximate surface area is 126 Å². The Bertz CT molecular complexity index is 573. The minimum atomic E-state index is -2.32. The van der Waals surface area contributed by atoms with Crippen LogP contribution in [0.15, 0.2) is 54.6 Å². The molecule has 20 heavy (non-hydrogen) atoms. The number of hydrogen-bond donors (Lipinski definition) is 1. The summed E-state index contributed by atoms with van der Waals surface area (Å²) in [6.45, 7) is 0.520. The minimum absolute atomic E-state index is 0.0431. The SMILES string of the molecule is CO[C@@H]1c2ccccc2OC[C@H]1I(O)c1ccccc1. The van der Waals surface area contributed by atoms with Gasteiger partial charge in [-0.1, -0.05) is 0 Å². The second kappa shape index (κ2) is 6.11. The van der Waals surface area contributed by atoms with Gasteiger partial charge in [-0.2, -0.15) is 0 Å². The van der Waals surface area contributed by atoms with E-state index in [-0.39, 0.29) is 10.0 Å². The van der Waals surface area contributed by atoms with Gasteiger partial charge in [0.2, 0.25) is 0 Å². The summed E-state index contributed by atoms with van der Waals surface area (Å²) in [6, 6.07) is 17.8. The van der Waals surface area contributed by atoms with Crippen molar-refractivity contribution in [2.45, 2.75) is 10.0 Å². The molecular formula is C16H17IO3. The Morgan fingerprint density at radius 1 is 1.10 bits per heavy atom. The van der Waals surface area contributed by atoms with Crippen LogP contribution in [0, 0.1) is 3.57 Å². The van der Waals surface area contributed by atoms with Gasteiger partial charge in [-0.3, -0.25) is 0 Å². The van der Waals surface area contributed by atoms with E-state index in [9.17, 15) is 3.44 Å². The summed E-state index contributed by atoms with van der Waals surface area (Å²) in [5, 5.41) is 0. The molecule has 3 rings (SSSR count). The molecule has 0 aromatic heterocycles. The van der Waals surface area contributed by atoms with E-state index in [1.165, 1.54) is 0 Å². The van der Waals surface area contributed by atoms with Crippen molar-refractivity contribution in [1.29, 1.82) is 0 Å². The van der Waals surface area contributed by atoms with Crippen LogP contribution < -0.4 is 4.74 Å². The second-order valence-electron chi connectivity index (χ2n) is 4.61. The van der Waals surface area contributed by atoms with Gasteiger partial charge >= 0.3 is 126 Å². The van der Waals surface area contributed by atoms with Crippen LogP contribution in [0.1, 0.15) is 11.7 Å². The van der Waals surface area contributed by atoms with Crippen LogP contribution in [-0.4, -0.2) is 21.1 Å². The van der Waals surface area contributed by atoms with E-state index in [4.69, 9.17) is 9.47 Å². The van der Waals surface area contributed by atoms with Crippen molar-refractivity contribution in [3.05, 3.63) is 63.7 Å². The molecule has 1 heterocycles. The monoisotopic (exact) mass is 384 g/mol. The third kappa shape index (κ3) is 2.55. The van der Waals surface area contributed by atoms with Crippen molar-refractivity contribution in [2.75, 3.05) is 13.7 Å². The molecule has 2 atom stereocenters. The van der Waals surface area contributed by atoms with Crippen LogP contribution in [0.25, 0.3) is 0 Å². The Balaban J connectivity index is 1.91. The molecule has 0 amide bonds. The molecule has 1 N–H and O–H groups in total. The molecule has 0 aliphatic carbocycles. The van der Waals surface area contributed by atoms with Crippen LogP contribution in [-0.2, 0) is 4.74 Å². The van der Waals surface area contributed by atoms with Crippen molar-refractivity contribution < 1.29 is 12.9 Å². The first-order valence-electron chi connectivity index (χ1n) is 6.48. The number of benzene rings is 2. The maximum absolute atomic E-state index is 10.8. The fourth-order valence-electron chi connectivity index (χ4n) is 2.45. The molecule has 0 saturated carbocycles. The van der Waals surface area contributed by atoms with Gasteiger partial charge in [0, 0.05) is 0 Å². The molecule has 0 spiro atoms. The number of ether oxygens (including phenoxy) is 2. The van der Waals surface area contributed by atoms with E-state index in [2.05, 4.69) is 0 Å². The van der Waals surface area contributed by atoms with Gasteiger partial charge in [-0.25, -0.2) is 0 Å². The molecule has 106 valence electrons. The average Bonchev–Trinajstić information content (AvgIpc) is 2.54. The first-order chi connectivity index (χ1) is 9.81. The molecular weight excluding hydrogens is 367 g/mol. The van der Waals surface area contributed by atoms with Gasteiger partial charge in [0.15, 0.2) is 0 Å². The predicted molar refractivity (Wildman–Crippen MR) is 86.9 cm³/mol. The number of rotatable bonds is 3. The van der Waals surface area contributed by atoms with Crippen molar-refractivity contribution in [1.82, 2.24) is 0 Å². The average molecular weight is 384 g/mol. The van der Waals surface area contributed by atoms with Gasteiger partial charge in [-0.05, 0) is 0 Å². The number of hydrogen-bond acceptors (Lipinski definition) is 3. The standard InChI is InChI=1S/C16H17IO3/c1-19-16-13-9-5-6-10-15(13)20-11-14(16)17(18)12-7-3-2-4-8-12/h2-10,14,16,18H,11H2,1H3/t14-,16-/m1/s1. The molecule has 0 bridgehead atoms. The summed E-state index contributed by atoms with van der Waals surface area (Å²) in [6.07, 6.45) is -0.0876. The maximum atomic E-state index is 10.8. The van der Waals surface area contributed by atoms with Crippen LogP contribution in [0.5, 0.6) is 5.75 Å². The number of fused-ring (bicyclic) bond motifs is 1. The number of methoxy groups -OCH3 is 1. The van der Waals surface area contributed by atoms with Crippen LogP contribution in [0.3, 0.4) is 0 Å². The molecule has 2 aromatic rings. The Hall–Kier alpha value is -1.11. The van der Waals surface area contributed by atoms with E-state index < -0.39 is 20.2 Å². The van der Waals surface area contributed by atoms with Gasteiger partial charge in [0.1, 0.15) is 0 Å². The zero-order valence-corrected chi connectivity index (χ0v) is 13.4. The van der Waals surface area contributed by atoms with E-state index in [0.29, 0.717) is 6.61 Å². The summed E-state index contributed by atoms with van der Waals surface area (Å²) in [4.78, 5) is 0. The Morgan fingerprint density at radius 3 is 2.55 bits per heavy atom. The quantitative estimate of drug-likeness (QED) is 0.651. The van der Waals surface area contributed by atoms with E-state index in [1.807, 2.05) is 54.6 Å². The molecule has 1 aliphatic heterocycles. The molecule has 0 fully saturated rings. The third-order valence-electron chi connectivity index (χ3n) is 3.43. The summed E-state index contributed by atoms with van der Waals surface area (Å²) < 4.78 is 23.3. The van der Waals surface area contributed by atoms with Crippen LogP contribution in [0.4, 0.5) is 0 Å².